The second-order valence-electron chi connectivity index (χ2n) is 3.38. The first-order valence-electron chi connectivity index (χ1n) is 4.96. The van der Waals surface area contributed by atoms with Crippen LogP contribution in [0, 0.1) is 6.92 Å². The molecule has 5 nitrogen and oxygen atoms in total. The van der Waals surface area contributed by atoms with E-state index in [-0.39, 0.29) is 0 Å². The van der Waals surface area contributed by atoms with Crippen molar-refractivity contribution in [2.75, 3.05) is 11.9 Å². The Morgan fingerprint density at radius 2 is 2.31 bits per heavy atom. The number of halogens is 1. The summed E-state index contributed by atoms with van der Waals surface area (Å²) in [6, 6.07) is 1.96. The molecule has 0 aliphatic rings. The monoisotopic (exact) mass is 281 g/mol. The van der Waals surface area contributed by atoms with Crippen LogP contribution in [0.25, 0.3) is 0 Å². The van der Waals surface area contributed by atoms with Gasteiger partial charge in [0.05, 0.1) is 17.2 Å². The molecule has 0 spiro atoms. The van der Waals surface area contributed by atoms with Gasteiger partial charge in [0.25, 0.3) is 0 Å². The molecule has 0 aliphatic carbocycles. The van der Waals surface area contributed by atoms with Gasteiger partial charge in [0, 0.05) is 18.9 Å². The lowest BCUT2D eigenvalue weighted by molar-refractivity contribution is 0.608. The first kappa shape index (κ1) is 11.1. The normalized spacial score (nSPS) is 10.4. The van der Waals surface area contributed by atoms with E-state index < -0.39 is 0 Å². The molecule has 0 aromatic carbocycles. The summed E-state index contributed by atoms with van der Waals surface area (Å²) in [7, 11) is 0. The Morgan fingerprint density at radius 3 is 3.06 bits per heavy atom. The highest BCUT2D eigenvalue weighted by Crippen LogP contribution is 2.22. The summed E-state index contributed by atoms with van der Waals surface area (Å²) in [5, 5.41) is 10.9. The molecule has 16 heavy (non-hydrogen) atoms. The minimum absolute atomic E-state index is 0.762. The number of nitrogens with one attached hydrogen (secondary N) is 1. The molecule has 0 unspecified atom stereocenters. The molecule has 6 heteroatoms. The third kappa shape index (κ3) is 2.57. The number of hydrogen-bond donors (Lipinski definition) is 1. The van der Waals surface area contributed by atoms with Crippen molar-refractivity contribution < 1.29 is 0 Å². The Balaban J connectivity index is 1.92. The maximum Gasteiger partial charge on any atom is 0.140 e. The van der Waals surface area contributed by atoms with Crippen LogP contribution < -0.4 is 5.32 Å². The van der Waals surface area contributed by atoms with Crippen molar-refractivity contribution in [1.29, 1.82) is 0 Å². The number of rotatable bonds is 4. The van der Waals surface area contributed by atoms with Gasteiger partial charge in [-0.2, -0.15) is 0 Å². The fourth-order valence-electron chi connectivity index (χ4n) is 1.30. The second-order valence-corrected chi connectivity index (χ2v) is 4.18. The summed E-state index contributed by atoms with van der Waals surface area (Å²) in [5.74, 6) is 0.861. The number of nitrogens with zero attached hydrogens (tertiary/aromatic N) is 4. The molecule has 0 fully saturated rings. The Hall–Kier alpha value is -1.43. The van der Waals surface area contributed by atoms with Crippen molar-refractivity contribution in [3.63, 3.8) is 0 Å². The molecule has 2 aromatic heterocycles. The summed E-state index contributed by atoms with van der Waals surface area (Å²) in [4.78, 5) is 4.25. The molecule has 0 saturated carbocycles. The van der Waals surface area contributed by atoms with Gasteiger partial charge in [0.2, 0.25) is 0 Å². The lowest BCUT2D eigenvalue weighted by atomic mass is 10.3. The molecule has 0 bridgehead atoms. The number of pyridine rings is 1. The molecule has 2 heterocycles. The lowest BCUT2D eigenvalue weighted by Crippen LogP contribution is -2.12. The van der Waals surface area contributed by atoms with Crippen molar-refractivity contribution in [3.8, 4) is 0 Å². The van der Waals surface area contributed by atoms with E-state index in [0.29, 0.717) is 0 Å². The van der Waals surface area contributed by atoms with E-state index in [1.165, 1.54) is 5.56 Å². The van der Waals surface area contributed by atoms with Gasteiger partial charge in [-0.15, -0.1) is 5.10 Å². The zero-order chi connectivity index (χ0) is 11.4. The van der Waals surface area contributed by atoms with Crippen LogP contribution >= 0.6 is 15.9 Å². The molecular weight excluding hydrogens is 270 g/mol. The Kier molecular flexibility index (Phi) is 3.51. The van der Waals surface area contributed by atoms with Gasteiger partial charge < -0.3 is 5.32 Å². The average Bonchev–Trinajstić information content (AvgIpc) is 2.77. The van der Waals surface area contributed by atoms with Crippen molar-refractivity contribution in [2.24, 2.45) is 0 Å². The zero-order valence-corrected chi connectivity index (χ0v) is 10.5. The van der Waals surface area contributed by atoms with Crippen molar-refractivity contribution >= 4 is 21.7 Å². The molecular formula is C10H12BrN5. The van der Waals surface area contributed by atoms with Crippen molar-refractivity contribution in [2.45, 2.75) is 13.5 Å². The highest BCUT2D eigenvalue weighted by atomic mass is 79.9. The van der Waals surface area contributed by atoms with Gasteiger partial charge >= 0.3 is 0 Å². The van der Waals surface area contributed by atoms with Gasteiger partial charge in [0.1, 0.15) is 5.82 Å². The zero-order valence-electron chi connectivity index (χ0n) is 8.89. The van der Waals surface area contributed by atoms with Crippen molar-refractivity contribution in [3.05, 3.63) is 34.7 Å². The van der Waals surface area contributed by atoms with Crippen LogP contribution in [-0.4, -0.2) is 26.5 Å². The number of anilines is 1. The fraction of sp³-hybridized carbons (Fsp3) is 0.300. The molecule has 2 aromatic rings. The van der Waals surface area contributed by atoms with Gasteiger partial charge in [-0.1, -0.05) is 5.21 Å². The predicted octanol–water partition coefficient (Wildman–Crippen LogP) is 1.86. The summed E-state index contributed by atoms with van der Waals surface area (Å²) < 4.78 is 2.78. The first-order chi connectivity index (χ1) is 7.77. The quantitative estimate of drug-likeness (QED) is 0.930. The summed E-state index contributed by atoms with van der Waals surface area (Å²) in [5.41, 5.74) is 1.17. The first-order valence-corrected chi connectivity index (χ1v) is 5.76. The van der Waals surface area contributed by atoms with Gasteiger partial charge in [-0.3, -0.25) is 4.68 Å². The topological polar surface area (TPSA) is 55.6 Å². The third-order valence-corrected chi connectivity index (χ3v) is 3.19. The number of aromatic nitrogens is 4. The number of aryl methyl sites for hydroxylation is 1. The highest BCUT2D eigenvalue weighted by Gasteiger charge is 2.02. The molecule has 0 radical (unpaired) electrons. The van der Waals surface area contributed by atoms with E-state index in [2.05, 4.69) is 36.5 Å². The van der Waals surface area contributed by atoms with E-state index in [0.717, 1.165) is 23.4 Å². The summed E-state index contributed by atoms with van der Waals surface area (Å²) >= 11 is 3.50. The standard InChI is InChI=1S/C10H12BrN5/c1-8-2-3-12-10(9(8)11)13-4-6-16-7-5-14-15-16/h2-3,5,7H,4,6H2,1H3,(H,12,13). The smallest absolute Gasteiger partial charge is 0.140 e. The maximum absolute atomic E-state index is 4.25. The highest BCUT2D eigenvalue weighted by molar-refractivity contribution is 9.10. The van der Waals surface area contributed by atoms with Crippen LogP contribution in [-0.2, 0) is 6.54 Å². The molecule has 0 aliphatic heterocycles. The summed E-state index contributed by atoms with van der Waals surface area (Å²) in [6.07, 6.45) is 5.29. The van der Waals surface area contributed by atoms with E-state index in [1.54, 1.807) is 17.1 Å². The predicted molar refractivity (Wildman–Crippen MR) is 65.2 cm³/mol. The SMILES string of the molecule is Cc1ccnc(NCCn2ccnn2)c1Br. The number of hydrogen-bond acceptors (Lipinski definition) is 4. The second kappa shape index (κ2) is 5.07. The van der Waals surface area contributed by atoms with Gasteiger partial charge in [-0.05, 0) is 34.5 Å². The van der Waals surface area contributed by atoms with Gasteiger partial charge in [-0.25, -0.2) is 4.98 Å². The van der Waals surface area contributed by atoms with E-state index in [4.69, 9.17) is 0 Å². The molecule has 84 valence electrons. The maximum atomic E-state index is 4.25. The molecule has 0 atom stereocenters. The summed E-state index contributed by atoms with van der Waals surface area (Å²) in [6.45, 7) is 3.56. The van der Waals surface area contributed by atoms with Crippen LogP contribution in [0.15, 0.2) is 29.1 Å². The minimum atomic E-state index is 0.762. The average molecular weight is 282 g/mol. The van der Waals surface area contributed by atoms with E-state index >= 15 is 0 Å². The van der Waals surface area contributed by atoms with Crippen LogP contribution in [0.4, 0.5) is 5.82 Å². The fourth-order valence-corrected chi connectivity index (χ4v) is 1.68. The molecule has 2 rings (SSSR count). The lowest BCUT2D eigenvalue weighted by Gasteiger charge is -2.08. The largest absolute Gasteiger partial charge is 0.367 e. The van der Waals surface area contributed by atoms with Gasteiger partial charge in [0.15, 0.2) is 0 Å². The molecule has 0 amide bonds. The van der Waals surface area contributed by atoms with Crippen LogP contribution in [0.5, 0.6) is 0 Å². The van der Waals surface area contributed by atoms with Crippen LogP contribution in [0.1, 0.15) is 5.56 Å². The Morgan fingerprint density at radius 1 is 1.44 bits per heavy atom. The van der Waals surface area contributed by atoms with Crippen LogP contribution in [0.2, 0.25) is 0 Å². The molecule has 0 saturated heterocycles. The van der Waals surface area contributed by atoms with Crippen molar-refractivity contribution in [1.82, 2.24) is 20.0 Å². The van der Waals surface area contributed by atoms with Crippen LogP contribution in [0.3, 0.4) is 0 Å². The van der Waals surface area contributed by atoms with E-state index in [1.807, 2.05) is 19.2 Å². The Labute approximate surface area is 102 Å². The molecule has 1 N–H and O–H groups in total. The third-order valence-electron chi connectivity index (χ3n) is 2.19. The Bertz CT molecular complexity index is 454. The van der Waals surface area contributed by atoms with E-state index in [9.17, 15) is 0 Å². The minimum Gasteiger partial charge on any atom is -0.367 e.